The molecule has 4 heterocycles. The van der Waals surface area contributed by atoms with Crippen LogP contribution in [0.4, 0.5) is 0 Å². The fourth-order valence-corrected chi connectivity index (χ4v) is 4.33. The summed E-state index contributed by atoms with van der Waals surface area (Å²) < 4.78 is 1.90. The number of nitrogens with one attached hydrogen (secondary N) is 1. The molecule has 0 amide bonds. The SMILES string of the molecule is Clc1cc(Cl)c2nc(CN3CCC[C@H](c4n[nH]c(C5CC5)n4)C3)cn2c1. The number of fused-ring (bicyclic) bond motifs is 1. The number of aromatic amines is 1. The van der Waals surface area contributed by atoms with Gasteiger partial charge in [-0.3, -0.25) is 10.00 Å². The van der Waals surface area contributed by atoms with E-state index in [9.17, 15) is 0 Å². The third kappa shape index (κ3) is 3.21. The summed E-state index contributed by atoms with van der Waals surface area (Å²) in [7, 11) is 0. The fraction of sp³-hybridized carbons (Fsp3) is 0.500. The standard InChI is InChI=1S/C18H20Cl2N6/c19-13-6-15(20)18-21-14(10-26(18)8-13)9-25-5-1-2-12(7-25)17-22-16(23-24-17)11-3-4-11/h6,8,10-12H,1-5,7,9H2,(H,22,23,24)/t12-/m0/s1. The van der Waals surface area contributed by atoms with Crippen LogP contribution < -0.4 is 0 Å². The molecule has 1 N–H and O–H groups in total. The lowest BCUT2D eigenvalue weighted by Gasteiger charge is -2.30. The second-order valence-corrected chi connectivity index (χ2v) is 8.24. The van der Waals surface area contributed by atoms with Gasteiger partial charge < -0.3 is 4.40 Å². The molecule has 0 spiro atoms. The summed E-state index contributed by atoms with van der Waals surface area (Å²) in [4.78, 5) is 11.9. The van der Waals surface area contributed by atoms with Gasteiger partial charge in [-0.15, -0.1) is 0 Å². The predicted octanol–water partition coefficient (Wildman–Crippen LogP) is 4.02. The molecule has 3 aromatic heterocycles. The highest BCUT2D eigenvalue weighted by molar-refractivity contribution is 6.36. The minimum atomic E-state index is 0.391. The van der Waals surface area contributed by atoms with Crippen LogP contribution in [0.15, 0.2) is 18.5 Å². The Balaban J connectivity index is 1.31. The van der Waals surface area contributed by atoms with Gasteiger partial charge in [0.15, 0.2) is 11.5 Å². The molecule has 2 aliphatic rings. The quantitative estimate of drug-likeness (QED) is 0.730. The van der Waals surface area contributed by atoms with E-state index in [0.29, 0.717) is 21.9 Å². The maximum Gasteiger partial charge on any atom is 0.156 e. The number of hydrogen-bond donors (Lipinski definition) is 1. The fourth-order valence-electron chi connectivity index (χ4n) is 3.80. The Morgan fingerprint density at radius 3 is 2.85 bits per heavy atom. The van der Waals surface area contributed by atoms with Crippen molar-refractivity contribution < 1.29 is 0 Å². The molecule has 6 nitrogen and oxygen atoms in total. The molecule has 26 heavy (non-hydrogen) atoms. The molecule has 1 saturated heterocycles. The summed E-state index contributed by atoms with van der Waals surface area (Å²) in [6.07, 6.45) is 8.63. The Labute approximate surface area is 161 Å². The maximum atomic E-state index is 6.25. The summed E-state index contributed by atoms with van der Waals surface area (Å²) in [5.74, 6) is 3.05. The van der Waals surface area contributed by atoms with Gasteiger partial charge >= 0.3 is 0 Å². The molecule has 1 aliphatic heterocycles. The summed E-state index contributed by atoms with van der Waals surface area (Å²) in [5, 5.41) is 8.81. The number of aromatic nitrogens is 5. The van der Waals surface area contributed by atoms with E-state index >= 15 is 0 Å². The van der Waals surface area contributed by atoms with Crippen LogP contribution >= 0.6 is 23.2 Å². The Hall–Kier alpha value is -1.63. The number of imidazole rings is 1. The van der Waals surface area contributed by atoms with Crippen LogP contribution in [0, 0.1) is 0 Å². The number of pyridine rings is 1. The highest BCUT2D eigenvalue weighted by Gasteiger charge is 2.30. The molecule has 1 saturated carbocycles. The van der Waals surface area contributed by atoms with Crippen LogP contribution in [-0.2, 0) is 6.54 Å². The number of hydrogen-bond acceptors (Lipinski definition) is 4. The minimum absolute atomic E-state index is 0.391. The molecule has 0 unspecified atom stereocenters. The van der Waals surface area contributed by atoms with Crippen molar-refractivity contribution in [3.8, 4) is 0 Å². The number of nitrogens with zero attached hydrogens (tertiary/aromatic N) is 5. The number of halogens is 2. The van der Waals surface area contributed by atoms with Gasteiger partial charge in [0.25, 0.3) is 0 Å². The molecular weight excluding hydrogens is 371 g/mol. The molecule has 1 atom stereocenters. The second kappa shape index (κ2) is 6.51. The van der Waals surface area contributed by atoms with Crippen molar-refractivity contribution in [1.29, 1.82) is 0 Å². The Morgan fingerprint density at radius 1 is 1.12 bits per heavy atom. The van der Waals surface area contributed by atoms with Gasteiger partial charge in [-0.1, -0.05) is 23.2 Å². The van der Waals surface area contributed by atoms with Crippen LogP contribution in [0.2, 0.25) is 10.0 Å². The van der Waals surface area contributed by atoms with Gasteiger partial charge in [0.05, 0.1) is 15.7 Å². The lowest BCUT2D eigenvalue weighted by molar-refractivity contribution is 0.195. The van der Waals surface area contributed by atoms with E-state index < -0.39 is 0 Å². The van der Waals surface area contributed by atoms with Gasteiger partial charge in [0.2, 0.25) is 0 Å². The molecule has 0 radical (unpaired) electrons. The van der Waals surface area contributed by atoms with Crippen LogP contribution in [-0.4, -0.2) is 42.6 Å². The van der Waals surface area contributed by atoms with Crippen molar-refractivity contribution in [3.63, 3.8) is 0 Å². The third-order valence-electron chi connectivity index (χ3n) is 5.26. The zero-order valence-corrected chi connectivity index (χ0v) is 15.8. The lowest BCUT2D eigenvalue weighted by Crippen LogP contribution is -2.34. The zero-order chi connectivity index (χ0) is 17.7. The molecule has 5 rings (SSSR count). The first-order chi connectivity index (χ1) is 12.7. The smallest absolute Gasteiger partial charge is 0.156 e. The summed E-state index contributed by atoms with van der Waals surface area (Å²) in [5.41, 5.74) is 1.76. The Morgan fingerprint density at radius 2 is 2.00 bits per heavy atom. The summed E-state index contributed by atoms with van der Waals surface area (Å²) in [6.45, 7) is 2.83. The first kappa shape index (κ1) is 16.5. The van der Waals surface area contributed by atoms with E-state index in [-0.39, 0.29) is 0 Å². The predicted molar refractivity (Wildman–Crippen MR) is 101 cm³/mol. The molecular formula is C18H20Cl2N6. The second-order valence-electron chi connectivity index (χ2n) is 7.40. The summed E-state index contributed by atoms with van der Waals surface area (Å²) in [6, 6.07) is 1.73. The topological polar surface area (TPSA) is 62.1 Å². The van der Waals surface area contributed by atoms with Crippen molar-refractivity contribution >= 4 is 28.8 Å². The van der Waals surface area contributed by atoms with Crippen LogP contribution in [0.5, 0.6) is 0 Å². The van der Waals surface area contributed by atoms with Crippen LogP contribution in [0.3, 0.4) is 0 Å². The van der Waals surface area contributed by atoms with E-state index in [1.807, 2.05) is 16.8 Å². The highest BCUT2D eigenvalue weighted by atomic mass is 35.5. The molecule has 0 aromatic carbocycles. The number of piperidine rings is 1. The first-order valence-corrected chi connectivity index (χ1v) is 9.88. The summed E-state index contributed by atoms with van der Waals surface area (Å²) >= 11 is 12.3. The van der Waals surface area contributed by atoms with Crippen LogP contribution in [0.1, 0.15) is 54.9 Å². The largest absolute Gasteiger partial charge is 0.304 e. The molecule has 1 aliphatic carbocycles. The Kier molecular flexibility index (Phi) is 4.14. The van der Waals surface area contributed by atoms with Crippen molar-refractivity contribution in [2.75, 3.05) is 13.1 Å². The lowest BCUT2D eigenvalue weighted by atomic mass is 9.97. The molecule has 8 heteroatoms. The van der Waals surface area contributed by atoms with Crippen molar-refractivity contribution in [2.45, 2.75) is 44.1 Å². The first-order valence-electron chi connectivity index (χ1n) is 9.13. The normalized spacial score (nSPS) is 21.5. The zero-order valence-electron chi connectivity index (χ0n) is 14.3. The number of likely N-dealkylation sites (tertiary alicyclic amines) is 1. The monoisotopic (exact) mass is 390 g/mol. The van der Waals surface area contributed by atoms with Gasteiger partial charge in [-0.25, -0.2) is 9.97 Å². The van der Waals surface area contributed by atoms with Gasteiger partial charge in [0, 0.05) is 37.3 Å². The van der Waals surface area contributed by atoms with E-state index in [4.69, 9.17) is 28.2 Å². The molecule has 0 bridgehead atoms. The Bertz CT molecular complexity index is 944. The minimum Gasteiger partial charge on any atom is -0.304 e. The average Bonchev–Trinajstić information content (AvgIpc) is 3.20. The number of H-pyrrole nitrogens is 1. The van der Waals surface area contributed by atoms with Gasteiger partial charge in [0.1, 0.15) is 5.82 Å². The molecule has 3 aromatic rings. The number of rotatable bonds is 4. The van der Waals surface area contributed by atoms with Crippen LogP contribution in [0.25, 0.3) is 5.65 Å². The van der Waals surface area contributed by atoms with Crippen molar-refractivity contribution in [1.82, 2.24) is 29.5 Å². The van der Waals surface area contributed by atoms with E-state index in [1.165, 1.54) is 12.8 Å². The average molecular weight is 391 g/mol. The molecule has 2 fully saturated rings. The highest BCUT2D eigenvalue weighted by Crippen LogP contribution is 2.38. The molecule has 136 valence electrons. The van der Waals surface area contributed by atoms with E-state index in [2.05, 4.69) is 20.1 Å². The van der Waals surface area contributed by atoms with E-state index in [1.54, 1.807) is 6.07 Å². The maximum absolute atomic E-state index is 6.25. The van der Waals surface area contributed by atoms with Crippen molar-refractivity contribution in [2.24, 2.45) is 0 Å². The third-order valence-corrected chi connectivity index (χ3v) is 5.75. The van der Waals surface area contributed by atoms with E-state index in [0.717, 1.165) is 55.5 Å². The van der Waals surface area contributed by atoms with Crippen molar-refractivity contribution in [3.05, 3.63) is 45.8 Å². The van der Waals surface area contributed by atoms with Gasteiger partial charge in [-0.2, -0.15) is 5.10 Å². The van der Waals surface area contributed by atoms with Gasteiger partial charge in [-0.05, 0) is 38.3 Å².